The Kier molecular flexibility index (Phi) is 3.15. The van der Waals surface area contributed by atoms with Crippen molar-refractivity contribution in [3.05, 3.63) is 46.7 Å². The highest BCUT2D eigenvalue weighted by atomic mass is 35.5. The molecular weight excluding hydrogens is 240 g/mol. The monoisotopic (exact) mass is 250 g/mol. The summed E-state index contributed by atoms with van der Waals surface area (Å²) in [5, 5.41) is 13.5. The lowest BCUT2D eigenvalue weighted by Gasteiger charge is -2.09. The molecule has 0 aliphatic rings. The maximum atomic E-state index is 10.7. The first kappa shape index (κ1) is 11.7. The van der Waals surface area contributed by atoms with Crippen LogP contribution in [0.2, 0.25) is 5.02 Å². The number of aryl methyl sites for hydroxylation is 1. The maximum absolute atomic E-state index is 10.7. The molecule has 1 heterocycles. The average Bonchev–Trinajstić information content (AvgIpc) is 2.69. The summed E-state index contributed by atoms with van der Waals surface area (Å²) >= 11 is 5.93. The number of carboxylic acids is 1. The lowest BCUT2D eigenvalue weighted by Crippen LogP contribution is -2.08. The van der Waals surface area contributed by atoms with Crippen molar-refractivity contribution in [2.45, 2.75) is 13.3 Å². The number of benzene rings is 1. The van der Waals surface area contributed by atoms with Gasteiger partial charge in [-0.25, -0.2) is 4.68 Å². The van der Waals surface area contributed by atoms with E-state index in [4.69, 9.17) is 16.7 Å². The highest BCUT2D eigenvalue weighted by Gasteiger charge is 2.10. The van der Waals surface area contributed by atoms with Gasteiger partial charge >= 0.3 is 5.97 Å². The molecule has 5 heteroatoms. The molecule has 0 saturated heterocycles. The number of aliphatic carboxylic acids is 1. The zero-order chi connectivity index (χ0) is 12.4. The molecule has 2 aromatic rings. The van der Waals surface area contributed by atoms with Crippen LogP contribution < -0.4 is 0 Å². The van der Waals surface area contributed by atoms with Crippen LogP contribution in [0.1, 0.15) is 11.3 Å². The lowest BCUT2D eigenvalue weighted by atomic mass is 10.2. The van der Waals surface area contributed by atoms with Gasteiger partial charge in [-0.2, -0.15) is 5.10 Å². The molecule has 0 spiro atoms. The zero-order valence-electron chi connectivity index (χ0n) is 9.22. The van der Waals surface area contributed by atoms with Crippen LogP contribution in [0.15, 0.2) is 30.5 Å². The fraction of sp³-hybridized carbons (Fsp3) is 0.167. The molecule has 0 atom stereocenters. The summed E-state index contributed by atoms with van der Waals surface area (Å²) in [5.41, 5.74) is 2.42. The van der Waals surface area contributed by atoms with Crippen molar-refractivity contribution >= 4 is 17.6 Å². The number of rotatable bonds is 3. The van der Waals surface area contributed by atoms with Crippen molar-refractivity contribution in [3.8, 4) is 5.69 Å². The number of halogens is 1. The SMILES string of the molecule is Cc1ccc(Cl)cc1-n1nccc1CC(=O)O. The summed E-state index contributed by atoms with van der Waals surface area (Å²) in [6.45, 7) is 1.93. The summed E-state index contributed by atoms with van der Waals surface area (Å²) in [4.78, 5) is 10.7. The number of hydrogen-bond donors (Lipinski definition) is 1. The Hall–Kier alpha value is -1.81. The van der Waals surface area contributed by atoms with Gasteiger partial charge in [0.05, 0.1) is 17.8 Å². The molecule has 0 saturated carbocycles. The Morgan fingerprint density at radius 2 is 2.24 bits per heavy atom. The third-order valence-corrected chi connectivity index (χ3v) is 2.69. The molecule has 0 radical (unpaired) electrons. The molecule has 1 aromatic carbocycles. The van der Waals surface area contributed by atoms with Crippen LogP contribution in [-0.4, -0.2) is 20.9 Å². The summed E-state index contributed by atoms with van der Waals surface area (Å²) in [7, 11) is 0. The second-order valence-electron chi connectivity index (χ2n) is 3.74. The van der Waals surface area contributed by atoms with Gasteiger partial charge in [0.25, 0.3) is 0 Å². The minimum atomic E-state index is -0.883. The molecule has 4 nitrogen and oxygen atoms in total. The van der Waals surface area contributed by atoms with Crippen LogP contribution in [0, 0.1) is 6.92 Å². The second kappa shape index (κ2) is 4.59. The Morgan fingerprint density at radius 1 is 1.47 bits per heavy atom. The average molecular weight is 251 g/mol. The van der Waals surface area contributed by atoms with Crippen molar-refractivity contribution in [2.24, 2.45) is 0 Å². The first-order chi connectivity index (χ1) is 8.08. The van der Waals surface area contributed by atoms with E-state index < -0.39 is 5.97 Å². The topological polar surface area (TPSA) is 55.1 Å². The highest BCUT2D eigenvalue weighted by molar-refractivity contribution is 6.30. The van der Waals surface area contributed by atoms with Gasteiger partial charge in [-0.05, 0) is 30.7 Å². The van der Waals surface area contributed by atoms with E-state index in [0.717, 1.165) is 11.3 Å². The molecule has 0 aliphatic heterocycles. The molecule has 0 bridgehead atoms. The van der Waals surface area contributed by atoms with Gasteiger partial charge in [0.2, 0.25) is 0 Å². The van der Waals surface area contributed by atoms with Gasteiger partial charge in [0.1, 0.15) is 0 Å². The number of hydrogen-bond acceptors (Lipinski definition) is 2. The number of aromatic nitrogens is 2. The number of carbonyl (C=O) groups is 1. The Labute approximate surface area is 103 Å². The van der Waals surface area contributed by atoms with E-state index in [1.54, 1.807) is 29.1 Å². The number of nitrogens with zero attached hydrogens (tertiary/aromatic N) is 2. The third kappa shape index (κ3) is 2.47. The summed E-state index contributed by atoms with van der Waals surface area (Å²) in [6.07, 6.45) is 1.52. The van der Waals surface area contributed by atoms with E-state index in [2.05, 4.69) is 5.10 Å². The minimum absolute atomic E-state index is 0.0635. The van der Waals surface area contributed by atoms with Crippen LogP contribution in [0.25, 0.3) is 5.69 Å². The van der Waals surface area contributed by atoms with E-state index in [1.807, 2.05) is 13.0 Å². The van der Waals surface area contributed by atoms with E-state index in [0.29, 0.717) is 10.7 Å². The Bertz CT molecular complexity index is 563. The first-order valence-corrected chi connectivity index (χ1v) is 5.47. The molecule has 0 fully saturated rings. The van der Waals surface area contributed by atoms with Crippen molar-refractivity contribution in [2.75, 3.05) is 0 Å². The molecule has 0 aliphatic carbocycles. The Morgan fingerprint density at radius 3 is 2.94 bits per heavy atom. The van der Waals surface area contributed by atoms with E-state index in [1.165, 1.54) is 0 Å². The van der Waals surface area contributed by atoms with Crippen molar-refractivity contribution in [3.63, 3.8) is 0 Å². The first-order valence-electron chi connectivity index (χ1n) is 5.09. The quantitative estimate of drug-likeness (QED) is 0.910. The van der Waals surface area contributed by atoms with Gasteiger partial charge in [0.15, 0.2) is 0 Å². The van der Waals surface area contributed by atoms with E-state index in [-0.39, 0.29) is 6.42 Å². The molecule has 17 heavy (non-hydrogen) atoms. The standard InChI is InChI=1S/C12H11ClN2O2/c1-8-2-3-9(13)6-11(8)15-10(4-5-14-15)7-12(16)17/h2-6H,7H2,1H3,(H,16,17). The fourth-order valence-electron chi connectivity index (χ4n) is 1.65. The molecule has 1 aromatic heterocycles. The summed E-state index contributed by atoms with van der Waals surface area (Å²) < 4.78 is 1.61. The van der Waals surface area contributed by atoms with Gasteiger partial charge in [-0.3, -0.25) is 4.79 Å². The van der Waals surface area contributed by atoms with E-state index in [9.17, 15) is 4.79 Å². The van der Waals surface area contributed by atoms with Crippen LogP contribution in [0.4, 0.5) is 0 Å². The largest absolute Gasteiger partial charge is 0.481 e. The minimum Gasteiger partial charge on any atom is -0.481 e. The van der Waals surface area contributed by atoms with Crippen LogP contribution in [-0.2, 0) is 11.2 Å². The van der Waals surface area contributed by atoms with Gasteiger partial charge in [-0.1, -0.05) is 17.7 Å². The second-order valence-corrected chi connectivity index (χ2v) is 4.17. The maximum Gasteiger partial charge on any atom is 0.309 e. The lowest BCUT2D eigenvalue weighted by molar-refractivity contribution is -0.136. The van der Waals surface area contributed by atoms with Crippen molar-refractivity contribution < 1.29 is 9.90 Å². The van der Waals surface area contributed by atoms with Gasteiger partial charge < -0.3 is 5.11 Å². The van der Waals surface area contributed by atoms with Crippen LogP contribution in [0.3, 0.4) is 0 Å². The number of carboxylic acid groups (broad SMARTS) is 1. The zero-order valence-corrected chi connectivity index (χ0v) is 9.98. The van der Waals surface area contributed by atoms with E-state index >= 15 is 0 Å². The normalized spacial score (nSPS) is 10.5. The van der Waals surface area contributed by atoms with Crippen LogP contribution in [0.5, 0.6) is 0 Å². The molecule has 2 rings (SSSR count). The third-order valence-electron chi connectivity index (χ3n) is 2.45. The van der Waals surface area contributed by atoms with Crippen molar-refractivity contribution in [1.82, 2.24) is 9.78 Å². The fourth-order valence-corrected chi connectivity index (χ4v) is 1.81. The predicted molar refractivity (Wildman–Crippen MR) is 64.7 cm³/mol. The van der Waals surface area contributed by atoms with Crippen LogP contribution >= 0.6 is 11.6 Å². The van der Waals surface area contributed by atoms with Crippen molar-refractivity contribution in [1.29, 1.82) is 0 Å². The smallest absolute Gasteiger partial charge is 0.309 e. The molecule has 88 valence electrons. The molecule has 0 unspecified atom stereocenters. The Balaban J connectivity index is 2.49. The molecular formula is C12H11ClN2O2. The summed E-state index contributed by atoms with van der Waals surface area (Å²) in [5.74, 6) is -0.883. The molecule has 1 N–H and O–H groups in total. The van der Waals surface area contributed by atoms with Gasteiger partial charge in [0, 0.05) is 11.2 Å². The predicted octanol–water partition coefficient (Wildman–Crippen LogP) is 2.46. The molecule has 0 amide bonds. The van der Waals surface area contributed by atoms with Gasteiger partial charge in [-0.15, -0.1) is 0 Å². The summed E-state index contributed by atoms with van der Waals surface area (Å²) in [6, 6.07) is 7.13. The highest BCUT2D eigenvalue weighted by Crippen LogP contribution is 2.20.